The van der Waals surface area contributed by atoms with Crippen molar-refractivity contribution >= 4 is 5.91 Å². The Morgan fingerprint density at radius 2 is 1.77 bits per heavy atom. The van der Waals surface area contributed by atoms with E-state index in [1.165, 1.54) is 11.2 Å². The van der Waals surface area contributed by atoms with Crippen LogP contribution in [0, 0.1) is 5.53 Å². The molecular weight excluding hydrogens is 394 g/mol. The average molecular weight is 424 g/mol. The lowest BCUT2D eigenvalue weighted by atomic mass is 10.2. The van der Waals surface area contributed by atoms with Crippen molar-refractivity contribution in [3.63, 3.8) is 0 Å². The number of rotatable bonds is 13. The largest absolute Gasteiger partial charge is 0.393 e. The van der Waals surface area contributed by atoms with Crippen LogP contribution in [-0.4, -0.2) is 39.0 Å². The van der Waals surface area contributed by atoms with Crippen LogP contribution in [0.15, 0.2) is 78.2 Å². The number of nitrogens with one attached hydrogen (secondary N) is 2. The highest BCUT2D eigenvalue weighted by molar-refractivity contribution is 5.92. The Kier molecular flexibility index (Phi) is 10.2. The van der Waals surface area contributed by atoms with Crippen molar-refractivity contribution in [3.8, 4) is 0 Å². The molecular formula is C21H29N9O. The first kappa shape index (κ1) is 23.5. The van der Waals surface area contributed by atoms with Gasteiger partial charge in [-0.2, -0.15) is 5.53 Å². The Labute approximate surface area is 182 Å². The van der Waals surface area contributed by atoms with Crippen molar-refractivity contribution in [2.45, 2.75) is 25.8 Å². The number of allylic oxidation sites excluding steroid dienone is 1. The van der Waals surface area contributed by atoms with Crippen LogP contribution in [0.25, 0.3) is 0 Å². The smallest absolute Gasteiger partial charge is 0.269 e. The second-order valence-corrected chi connectivity index (χ2v) is 6.71. The lowest BCUT2D eigenvalue weighted by Crippen LogP contribution is -2.33. The third-order valence-electron chi connectivity index (χ3n) is 4.24. The van der Waals surface area contributed by atoms with Crippen LogP contribution in [-0.2, 0) is 17.8 Å². The molecule has 0 radical (unpaired) electrons. The summed E-state index contributed by atoms with van der Waals surface area (Å²) in [6.07, 6.45) is 10.7. The summed E-state index contributed by atoms with van der Waals surface area (Å²) < 4.78 is 0. The maximum absolute atomic E-state index is 12.0. The minimum atomic E-state index is -0.404. The molecule has 2 aromatic rings. The summed E-state index contributed by atoms with van der Waals surface area (Å²) in [6.45, 7) is 1.39. The van der Waals surface area contributed by atoms with Crippen LogP contribution in [0.1, 0.15) is 24.2 Å². The predicted octanol–water partition coefficient (Wildman–Crippen LogP) is 1.85. The number of carbonyl (C=O) groups is 1. The van der Waals surface area contributed by atoms with Crippen molar-refractivity contribution in [2.75, 3.05) is 13.1 Å². The molecule has 0 aliphatic carbocycles. The first-order valence-corrected chi connectivity index (χ1v) is 9.96. The van der Waals surface area contributed by atoms with Crippen molar-refractivity contribution in [1.82, 2.24) is 25.3 Å². The average Bonchev–Trinajstić information content (AvgIpc) is 2.80. The number of amides is 1. The van der Waals surface area contributed by atoms with Gasteiger partial charge in [0.05, 0.1) is 12.2 Å². The van der Waals surface area contributed by atoms with Crippen LogP contribution in [0.4, 0.5) is 0 Å². The summed E-state index contributed by atoms with van der Waals surface area (Å²) in [5.41, 5.74) is 14.8. The fraction of sp³-hybridized carbons (Fsp3) is 0.286. The summed E-state index contributed by atoms with van der Waals surface area (Å²) in [5, 5.41) is 9.13. The lowest BCUT2D eigenvalue weighted by Gasteiger charge is -2.16. The first-order chi connectivity index (χ1) is 15.1. The number of carbonyl (C=O) groups excluding carboxylic acids is 1. The summed E-state index contributed by atoms with van der Waals surface area (Å²) in [7, 11) is 0. The van der Waals surface area contributed by atoms with Crippen molar-refractivity contribution < 1.29 is 4.79 Å². The normalized spacial score (nSPS) is 11.3. The van der Waals surface area contributed by atoms with Gasteiger partial charge in [-0.05, 0) is 37.1 Å². The lowest BCUT2D eigenvalue weighted by molar-refractivity contribution is -0.117. The predicted molar refractivity (Wildman–Crippen MR) is 117 cm³/mol. The summed E-state index contributed by atoms with van der Waals surface area (Å²) in [4.78, 5) is 20.4. The molecule has 0 bridgehead atoms. The molecule has 6 N–H and O–H groups in total. The van der Waals surface area contributed by atoms with Gasteiger partial charge in [-0.1, -0.05) is 23.4 Å². The van der Waals surface area contributed by atoms with Crippen LogP contribution < -0.4 is 16.9 Å². The van der Waals surface area contributed by atoms with Gasteiger partial charge in [-0.3, -0.25) is 19.8 Å². The second kappa shape index (κ2) is 13.4. The molecule has 31 heavy (non-hydrogen) atoms. The van der Waals surface area contributed by atoms with Crippen LogP contribution in [0.3, 0.4) is 0 Å². The maximum atomic E-state index is 12.0. The maximum Gasteiger partial charge on any atom is 0.269 e. The van der Waals surface area contributed by atoms with E-state index in [0.29, 0.717) is 26.1 Å². The van der Waals surface area contributed by atoms with Gasteiger partial charge in [-0.15, -0.1) is 0 Å². The van der Waals surface area contributed by atoms with E-state index in [1.54, 1.807) is 23.6 Å². The summed E-state index contributed by atoms with van der Waals surface area (Å²) in [6, 6.07) is 11.2. The Bertz CT molecular complexity index is 856. The SMILES string of the molecule is N=NN(/C=C/Cc1ccccn1)CCCCN(N)/C=C(\N)C(=O)NCc1ccccn1. The zero-order chi connectivity index (χ0) is 22.3. The van der Waals surface area contributed by atoms with Crippen molar-refractivity contribution in [3.05, 3.63) is 84.4 Å². The van der Waals surface area contributed by atoms with E-state index in [2.05, 4.69) is 20.5 Å². The standard InChI is InChI=1S/C21H29N9O/c22-20(21(31)27-16-19-9-2-4-12-26-19)17-29(24)13-5-6-14-30(28-23)15-7-10-18-8-1-3-11-25-18/h1-4,7-9,11-12,15,17,23H,5-6,10,13-14,16,22,24H2,(H,27,31)/b15-7+,20-17-,28-23?. The van der Waals surface area contributed by atoms with Gasteiger partial charge >= 0.3 is 0 Å². The Morgan fingerprint density at radius 1 is 1.10 bits per heavy atom. The van der Waals surface area contributed by atoms with Crippen molar-refractivity contribution in [2.24, 2.45) is 16.8 Å². The number of hydrazine groups is 1. The quantitative estimate of drug-likeness (QED) is 0.126. The van der Waals surface area contributed by atoms with Gasteiger partial charge in [0.1, 0.15) is 5.70 Å². The number of aromatic nitrogens is 2. The molecule has 0 aliphatic heterocycles. The Hall–Kier alpha value is -3.79. The molecule has 2 rings (SSSR count). The monoisotopic (exact) mass is 423 g/mol. The molecule has 0 saturated carbocycles. The molecule has 0 saturated heterocycles. The number of nitrogens with zero attached hydrogens (tertiary/aromatic N) is 5. The minimum Gasteiger partial charge on any atom is -0.393 e. The Balaban J connectivity index is 1.65. The van der Waals surface area contributed by atoms with E-state index < -0.39 is 5.91 Å². The molecule has 0 atom stereocenters. The molecule has 0 aliphatic rings. The number of nitrogens with two attached hydrogens (primary N) is 2. The van der Waals surface area contributed by atoms with E-state index in [4.69, 9.17) is 17.1 Å². The Morgan fingerprint density at radius 3 is 2.42 bits per heavy atom. The van der Waals surface area contributed by atoms with Gasteiger partial charge < -0.3 is 16.1 Å². The molecule has 0 aromatic carbocycles. The van der Waals surface area contributed by atoms with Crippen LogP contribution in [0.2, 0.25) is 0 Å². The van der Waals surface area contributed by atoms with E-state index in [9.17, 15) is 4.79 Å². The zero-order valence-electron chi connectivity index (χ0n) is 17.4. The topological polar surface area (TPSA) is 150 Å². The van der Waals surface area contributed by atoms with E-state index in [0.717, 1.165) is 24.2 Å². The third-order valence-corrected chi connectivity index (χ3v) is 4.24. The van der Waals surface area contributed by atoms with Gasteiger partial charge in [-0.25, -0.2) is 5.84 Å². The molecule has 0 spiro atoms. The molecule has 164 valence electrons. The summed E-state index contributed by atoms with van der Waals surface area (Å²) >= 11 is 0. The van der Waals surface area contributed by atoms with Gasteiger partial charge in [0.15, 0.2) is 0 Å². The summed E-state index contributed by atoms with van der Waals surface area (Å²) in [5.74, 6) is 5.50. The molecule has 10 heteroatoms. The zero-order valence-corrected chi connectivity index (χ0v) is 17.4. The first-order valence-electron chi connectivity index (χ1n) is 9.96. The van der Waals surface area contributed by atoms with Crippen LogP contribution in [0.5, 0.6) is 0 Å². The van der Waals surface area contributed by atoms with E-state index in [1.807, 2.05) is 42.5 Å². The molecule has 0 fully saturated rings. The fourth-order valence-corrected chi connectivity index (χ4v) is 2.62. The molecule has 10 nitrogen and oxygen atoms in total. The third kappa shape index (κ3) is 9.50. The highest BCUT2D eigenvalue weighted by Gasteiger charge is 2.07. The minimum absolute atomic E-state index is 0.0265. The molecule has 2 aromatic heterocycles. The number of hydrogen-bond donors (Lipinski definition) is 4. The fourth-order valence-electron chi connectivity index (χ4n) is 2.62. The second-order valence-electron chi connectivity index (χ2n) is 6.71. The number of pyridine rings is 2. The molecule has 1 amide bonds. The highest BCUT2D eigenvalue weighted by Crippen LogP contribution is 2.02. The van der Waals surface area contributed by atoms with E-state index >= 15 is 0 Å². The number of unbranched alkanes of at least 4 members (excludes halogenated alkanes) is 1. The molecule has 2 heterocycles. The van der Waals surface area contributed by atoms with Gasteiger partial charge in [0.25, 0.3) is 5.91 Å². The van der Waals surface area contributed by atoms with E-state index in [-0.39, 0.29) is 5.70 Å². The molecule has 0 unspecified atom stereocenters. The van der Waals surface area contributed by atoms with Crippen molar-refractivity contribution in [1.29, 1.82) is 5.53 Å². The van der Waals surface area contributed by atoms with Gasteiger partial charge in [0, 0.05) is 50.0 Å². The highest BCUT2D eigenvalue weighted by atomic mass is 16.2. The van der Waals surface area contributed by atoms with Gasteiger partial charge in [0.2, 0.25) is 0 Å². The number of hydrogen-bond acceptors (Lipinski definition) is 8. The van der Waals surface area contributed by atoms with Crippen LogP contribution >= 0.6 is 0 Å².